The number of halogens is 1. The van der Waals surface area contributed by atoms with Crippen molar-refractivity contribution < 1.29 is 27.5 Å². The van der Waals surface area contributed by atoms with E-state index in [1.165, 1.54) is 24.3 Å². The molecule has 0 aliphatic carbocycles. The molecule has 2 aromatic carbocycles. The molecule has 0 bridgehead atoms. The quantitative estimate of drug-likeness (QED) is 0.715. The first-order valence-electron chi connectivity index (χ1n) is 5.78. The molecule has 3 N–H and O–H groups in total. The summed E-state index contributed by atoms with van der Waals surface area (Å²) in [5.74, 6) is -0.467. The molecule has 21 heavy (non-hydrogen) atoms. The SMILES string of the molecule is O=S(=O)(Nc1cccc(OB(O)O)c1)c1ccc(F)cc1. The minimum absolute atomic E-state index is 0.0734. The van der Waals surface area contributed by atoms with E-state index < -0.39 is 23.2 Å². The molecule has 110 valence electrons. The van der Waals surface area contributed by atoms with E-state index in [-0.39, 0.29) is 16.3 Å². The first-order chi connectivity index (χ1) is 9.87. The zero-order chi connectivity index (χ0) is 15.5. The van der Waals surface area contributed by atoms with E-state index in [1.54, 1.807) is 0 Å². The van der Waals surface area contributed by atoms with Gasteiger partial charge in [0.15, 0.2) is 0 Å². The van der Waals surface area contributed by atoms with E-state index >= 15 is 0 Å². The highest BCUT2D eigenvalue weighted by Crippen LogP contribution is 2.21. The van der Waals surface area contributed by atoms with Gasteiger partial charge in [-0.05, 0) is 36.4 Å². The molecule has 0 heterocycles. The standard InChI is InChI=1S/C12H11BFNO5S/c14-9-4-6-12(7-5-9)21(18,19)15-10-2-1-3-11(8-10)20-13(16)17/h1-8,15-17H. The van der Waals surface area contributed by atoms with E-state index in [2.05, 4.69) is 9.38 Å². The maximum absolute atomic E-state index is 12.8. The Bertz CT molecular complexity index is 721. The third-order valence-corrected chi connectivity index (χ3v) is 3.85. The lowest BCUT2D eigenvalue weighted by Gasteiger charge is -2.10. The summed E-state index contributed by atoms with van der Waals surface area (Å²) in [4.78, 5) is -0.0996. The maximum Gasteiger partial charge on any atom is 0.707 e. The number of sulfonamides is 1. The van der Waals surface area contributed by atoms with Gasteiger partial charge >= 0.3 is 7.32 Å². The fourth-order valence-corrected chi connectivity index (χ4v) is 2.63. The largest absolute Gasteiger partial charge is 0.707 e. The third-order valence-electron chi connectivity index (χ3n) is 2.45. The van der Waals surface area contributed by atoms with Crippen LogP contribution >= 0.6 is 0 Å². The Morgan fingerprint density at radius 2 is 1.76 bits per heavy atom. The molecule has 6 nitrogen and oxygen atoms in total. The van der Waals surface area contributed by atoms with E-state index in [0.717, 1.165) is 24.3 Å². The molecule has 0 spiro atoms. The molecular weight excluding hydrogens is 300 g/mol. The van der Waals surface area contributed by atoms with Crippen LogP contribution in [0, 0.1) is 5.82 Å². The summed E-state index contributed by atoms with van der Waals surface area (Å²) in [6.45, 7) is 0. The van der Waals surface area contributed by atoms with Crippen molar-refractivity contribution in [1.29, 1.82) is 0 Å². The lowest BCUT2D eigenvalue weighted by Crippen LogP contribution is -2.20. The normalized spacial score (nSPS) is 11.0. The van der Waals surface area contributed by atoms with Gasteiger partial charge in [-0.25, -0.2) is 12.8 Å². The summed E-state index contributed by atoms with van der Waals surface area (Å²) in [6.07, 6.45) is 0. The average Bonchev–Trinajstić information content (AvgIpc) is 2.38. The molecule has 9 heteroatoms. The van der Waals surface area contributed by atoms with Gasteiger partial charge in [-0.3, -0.25) is 4.72 Å². The van der Waals surface area contributed by atoms with Gasteiger partial charge in [0, 0.05) is 6.07 Å². The van der Waals surface area contributed by atoms with Crippen LogP contribution in [0.3, 0.4) is 0 Å². The van der Waals surface area contributed by atoms with E-state index in [9.17, 15) is 12.8 Å². The molecule has 0 radical (unpaired) electrons. The van der Waals surface area contributed by atoms with E-state index in [4.69, 9.17) is 10.0 Å². The predicted molar refractivity (Wildman–Crippen MR) is 74.5 cm³/mol. The molecule has 2 rings (SSSR count). The van der Waals surface area contributed by atoms with Gasteiger partial charge in [0.25, 0.3) is 10.0 Å². The van der Waals surface area contributed by atoms with Gasteiger partial charge in [0.05, 0.1) is 10.6 Å². The molecule has 0 aromatic heterocycles. The molecular formula is C12H11BFNO5S. The average molecular weight is 311 g/mol. The number of nitrogens with one attached hydrogen (secondary N) is 1. The maximum atomic E-state index is 12.8. The Morgan fingerprint density at radius 1 is 1.10 bits per heavy atom. The molecule has 0 amide bonds. The van der Waals surface area contributed by atoms with Crippen molar-refractivity contribution in [2.24, 2.45) is 0 Å². The highest BCUT2D eigenvalue weighted by molar-refractivity contribution is 7.92. The molecule has 0 fully saturated rings. The second-order valence-corrected chi connectivity index (χ2v) is 5.71. The minimum atomic E-state index is -3.87. The molecule has 0 unspecified atom stereocenters. The summed E-state index contributed by atoms with van der Waals surface area (Å²) in [6, 6.07) is 9.98. The Hall–Kier alpha value is -2.10. The van der Waals surface area contributed by atoms with Crippen LogP contribution < -0.4 is 9.38 Å². The fraction of sp³-hybridized carbons (Fsp3) is 0. The van der Waals surface area contributed by atoms with Gasteiger partial charge < -0.3 is 14.7 Å². The fourth-order valence-electron chi connectivity index (χ4n) is 1.58. The Labute approximate surface area is 121 Å². The Morgan fingerprint density at radius 3 is 2.38 bits per heavy atom. The number of anilines is 1. The first-order valence-corrected chi connectivity index (χ1v) is 7.26. The van der Waals surface area contributed by atoms with Crippen molar-refractivity contribution in [3.63, 3.8) is 0 Å². The summed E-state index contributed by atoms with van der Waals surface area (Å²) in [7, 11) is -5.88. The van der Waals surface area contributed by atoms with Gasteiger partial charge in [-0.15, -0.1) is 0 Å². The molecule has 0 atom stereocenters. The second-order valence-electron chi connectivity index (χ2n) is 4.03. The lowest BCUT2D eigenvalue weighted by molar-refractivity contribution is 0.288. The van der Waals surface area contributed by atoms with Crippen molar-refractivity contribution in [3.8, 4) is 5.75 Å². The van der Waals surface area contributed by atoms with Gasteiger partial charge in [-0.1, -0.05) is 6.07 Å². The number of benzene rings is 2. The van der Waals surface area contributed by atoms with Crippen LogP contribution in [0.1, 0.15) is 0 Å². The highest BCUT2D eigenvalue weighted by atomic mass is 32.2. The Kier molecular flexibility index (Phi) is 4.46. The van der Waals surface area contributed by atoms with E-state index in [1.807, 2.05) is 0 Å². The molecule has 0 aliphatic heterocycles. The monoisotopic (exact) mass is 311 g/mol. The first kappa shape index (κ1) is 15.3. The van der Waals surface area contributed by atoms with Gasteiger partial charge in [-0.2, -0.15) is 0 Å². The third kappa shape index (κ3) is 4.18. The highest BCUT2D eigenvalue weighted by Gasteiger charge is 2.15. The van der Waals surface area contributed by atoms with Crippen molar-refractivity contribution in [1.82, 2.24) is 0 Å². The van der Waals surface area contributed by atoms with Crippen LogP contribution in [0.4, 0.5) is 10.1 Å². The second kappa shape index (κ2) is 6.12. The molecule has 0 aliphatic rings. The molecule has 0 saturated carbocycles. The smallest absolute Gasteiger partial charge is 0.512 e. The van der Waals surface area contributed by atoms with Crippen molar-refractivity contribution in [2.45, 2.75) is 4.90 Å². The van der Waals surface area contributed by atoms with Crippen molar-refractivity contribution in [3.05, 3.63) is 54.3 Å². The van der Waals surface area contributed by atoms with Crippen LogP contribution in [0.5, 0.6) is 5.75 Å². The van der Waals surface area contributed by atoms with Crippen LogP contribution in [0.25, 0.3) is 0 Å². The summed E-state index contributed by atoms with van der Waals surface area (Å²) < 4.78 is 43.8. The van der Waals surface area contributed by atoms with Crippen molar-refractivity contribution in [2.75, 3.05) is 4.72 Å². The zero-order valence-electron chi connectivity index (χ0n) is 10.6. The van der Waals surface area contributed by atoms with Gasteiger partial charge in [0.1, 0.15) is 11.6 Å². The Balaban J connectivity index is 2.22. The molecule has 2 aromatic rings. The van der Waals surface area contributed by atoms with Crippen LogP contribution in [0.2, 0.25) is 0 Å². The summed E-state index contributed by atoms with van der Waals surface area (Å²) >= 11 is 0. The number of hydrogen-bond donors (Lipinski definition) is 3. The van der Waals surface area contributed by atoms with Gasteiger partial charge in [0.2, 0.25) is 0 Å². The van der Waals surface area contributed by atoms with E-state index in [0.29, 0.717) is 0 Å². The minimum Gasteiger partial charge on any atom is -0.512 e. The number of hydrogen-bond acceptors (Lipinski definition) is 5. The zero-order valence-corrected chi connectivity index (χ0v) is 11.4. The topological polar surface area (TPSA) is 95.9 Å². The lowest BCUT2D eigenvalue weighted by atomic mass is 10.2. The van der Waals surface area contributed by atoms with Crippen LogP contribution in [-0.4, -0.2) is 25.8 Å². The summed E-state index contributed by atoms with van der Waals surface area (Å²) in [5.41, 5.74) is 0.164. The summed E-state index contributed by atoms with van der Waals surface area (Å²) in [5, 5.41) is 17.4. The predicted octanol–water partition coefficient (Wildman–Crippen LogP) is 0.975. The van der Waals surface area contributed by atoms with Crippen LogP contribution in [0.15, 0.2) is 53.4 Å². The van der Waals surface area contributed by atoms with Crippen molar-refractivity contribution >= 4 is 23.0 Å². The molecule has 0 saturated heterocycles. The number of rotatable bonds is 5. The van der Waals surface area contributed by atoms with Crippen LogP contribution in [-0.2, 0) is 10.0 Å².